The molecule has 1 rings (SSSR count). The molecule has 5 N–H and O–H groups in total. The van der Waals surface area contributed by atoms with E-state index in [0.717, 1.165) is 0 Å². The van der Waals surface area contributed by atoms with E-state index in [-0.39, 0.29) is 24.4 Å². The highest BCUT2D eigenvalue weighted by atomic mass is 31.2. The number of nitro groups is 1. The van der Waals surface area contributed by atoms with Gasteiger partial charge in [0.2, 0.25) is 5.91 Å². The number of nitro benzene ring substituents is 1. The molecule has 0 fully saturated rings. The van der Waals surface area contributed by atoms with Crippen molar-refractivity contribution in [1.29, 1.82) is 0 Å². The molecule has 168 valence electrons. The second-order valence-electron chi connectivity index (χ2n) is 7.23. The summed E-state index contributed by atoms with van der Waals surface area (Å²) in [6.07, 6.45) is 0.311. The van der Waals surface area contributed by atoms with Crippen LogP contribution in [0.4, 0.5) is 11.4 Å². The van der Waals surface area contributed by atoms with Crippen LogP contribution < -0.4 is 10.6 Å². The van der Waals surface area contributed by atoms with Crippen molar-refractivity contribution in [3.8, 4) is 0 Å². The molecule has 0 saturated carbocycles. The molecule has 0 aliphatic carbocycles. The fourth-order valence-corrected chi connectivity index (χ4v) is 3.20. The zero-order chi connectivity index (χ0) is 22.9. The second-order valence-corrected chi connectivity index (χ2v) is 8.47. The Hall–Kier alpha value is -2.17. The van der Waals surface area contributed by atoms with Gasteiger partial charge in [0, 0.05) is 17.8 Å². The summed E-state index contributed by atoms with van der Waals surface area (Å²) in [6.45, 7) is 5.58. The Morgan fingerprint density at radius 1 is 1.17 bits per heavy atom. The summed E-state index contributed by atoms with van der Waals surface area (Å²) in [5.74, 6) is -1.26. The molecule has 0 aliphatic rings. The van der Waals surface area contributed by atoms with Gasteiger partial charge in [-0.3, -0.25) is 19.7 Å². The summed E-state index contributed by atoms with van der Waals surface area (Å²) in [6, 6.07) is 4.27. The quantitative estimate of drug-likeness (QED) is 0.185. The van der Waals surface area contributed by atoms with E-state index in [1.165, 1.54) is 24.3 Å². The van der Waals surface area contributed by atoms with Crippen LogP contribution in [0.15, 0.2) is 24.3 Å². The monoisotopic (exact) mass is 446 g/mol. The summed E-state index contributed by atoms with van der Waals surface area (Å²) < 4.78 is 4.71. The lowest BCUT2D eigenvalue weighted by Crippen LogP contribution is -2.48. The zero-order valence-electron chi connectivity index (χ0n) is 17.1. The summed E-state index contributed by atoms with van der Waals surface area (Å²) >= 11 is 0. The van der Waals surface area contributed by atoms with Gasteiger partial charge < -0.3 is 10.6 Å². The SMILES string of the molecule is CCCC[C@H](O[P+](O)(O)O)C(=O)N[C@@H](CC(C)C)C(=O)Nc1ccc([N+](=O)[O-])cc1. The maximum atomic E-state index is 12.7. The summed E-state index contributed by atoms with van der Waals surface area (Å²) in [7, 11) is -4.64. The number of carbonyl (C=O) groups is 2. The lowest BCUT2D eigenvalue weighted by Gasteiger charge is -2.23. The number of non-ortho nitro benzene ring substituents is 1. The smallest absolute Gasteiger partial charge is 0.342 e. The molecule has 11 nitrogen and oxygen atoms in total. The lowest BCUT2D eigenvalue weighted by atomic mass is 10.0. The Kier molecular flexibility index (Phi) is 10.2. The molecule has 0 saturated heterocycles. The van der Waals surface area contributed by atoms with E-state index in [0.29, 0.717) is 18.5 Å². The molecule has 0 aliphatic heterocycles. The first-order chi connectivity index (χ1) is 13.9. The number of benzene rings is 1. The summed E-state index contributed by atoms with van der Waals surface area (Å²) in [5.41, 5.74) is 0.193. The standard InChI is InChI=1S/C18H28N3O8P/c1-4-5-6-16(29-30(26,27)28)18(23)20-15(11-12(2)3)17(22)19-13-7-9-14(10-8-13)21(24)25/h7-10,12,15-16,26-28H,4-6,11H2,1-3H3,(H-,19,20,22,23)/p+1/t15-,16-/m0/s1. The van der Waals surface area contributed by atoms with Crippen LogP contribution in [0, 0.1) is 16.0 Å². The van der Waals surface area contributed by atoms with Crippen LogP contribution in [0.5, 0.6) is 0 Å². The van der Waals surface area contributed by atoms with Gasteiger partial charge >= 0.3 is 8.17 Å². The van der Waals surface area contributed by atoms with Crippen molar-refractivity contribution in [2.24, 2.45) is 5.92 Å². The minimum absolute atomic E-state index is 0.0352. The maximum Gasteiger partial charge on any atom is 0.568 e. The molecule has 30 heavy (non-hydrogen) atoms. The minimum atomic E-state index is -4.64. The van der Waals surface area contributed by atoms with Crippen LogP contribution >= 0.6 is 8.17 Å². The van der Waals surface area contributed by atoms with Gasteiger partial charge in [-0.2, -0.15) is 14.7 Å². The van der Waals surface area contributed by atoms with Crippen LogP contribution in [0.1, 0.15) is 46.5 Å². The molecule has 1 aromatic rings. The average Bonchev–Trinajstić information content (AvgIpc) is 2.63. The van der Waals surface area contributed by atoms with Crippen LogP contribution in [-0.4, -0.2) is 43.6 Å². The Morgan fingerprint density at radius 3 is 2.23 bits per heavy atom. The third-order valence-electron chi connectivity index (χ3n) is 4.07. The van der Waals surface area contributed by atoms with E-state index < -0.39 is 37.1 Å². The van der Waals surface area contributed by atoms with E-state index in [2.05, 4.69) is 10.6 Å². The molecule has 0 radical (unpaired) electrons. The van der Waals surface area contributed by atoms with Gasteiger partial charge in [0.1, 0.15) is 6.04 Å². The fourth-order valence-electron chi connectivity index (χ4n) is 2.66. The van der Waals surface area contributed by atoms with Crippen molar-refractivity contribution in [3.63, 3.8) is 0 Å². The Labute approximate surface area is 175 Å². The molecular weight excluding hydrogens is 417 g/mol. The number of nitrogens with zero attached hydrogens (tertiary/aromatic N) is 1. The number of amides is 2. The first-order valence-corrected chi connectivity index (χ1v) is 11.1. The highest BCUT2D eigenvalue weighted by Gasteiger charge is 2.41. The van der Waals surface area contributed by atoms with Gasteiger partial charge in [0.15, 0.2) is 6.10 Å². The molecule has 0 aromatic heterocycles. The number of hydrogen-bond acceptors (Lipinski definition) is 8. The Bertz CT molecular complexity index is 721. The van der Waals surface area contributed by atoms with E-state index in [9.17, 15) is 34.4 Å². The molecule has 2 atom stereocenters. The first kappa shape index (κ1) is 25.9. The second kappa shape index (κ2) is 11.9. The van der Waals surface area contributed by atoms with Crippen LogP contribution in [0.25, 0.3) is 0 Å². The van der Waals surface area contributed by atoms with Gasteiger partial charge in [0.25, 0.3) is 11.6 Å². The number of carbonyl (C=O) groups excluding carboxylic acids is 2. The third-order valence-corrected chi connectivity index (χ3v) is 4.60. The topological polar surface area (TPSA) is 171 Å². The van der Waals surface area contributed by atoms with Gasteiger partial charge in [-0.1, -0.05) is 33.6 Å². The number of nitrogens with one attached hydrogen (secondary N) is 2. The van der Waals surface area contributed by atoms with Gasteiger partial charge in [0.05, 0.1) is 4.92 Å². The fraction of sp³-hybridized carbons (Fsp3) is 0.556. The van der Waals surface area contributed by atoms with Crippen LogP contribution in [0.3, 0.4) is 0 Å². The summed E-state index contributed by atoms with van der Waals surface area (Å²) in [5, 5.41) is 15.9. The summed E-state index contributed by atoms with van der Waals surface area (Å²) in [4.78, 5) is 63.0. The van der Waals surface area contributed by atoms with Crippen molar-refractivity contribution in [2.75, 3.05) is 5.32 Å². The number of hydrogen-bond donors (Lipinski definition) is 5. The van der Waals surface area contributed by atoms with Crippen molar-refractivity contribution in [2.45, 2.75) is 58.6 Å². The number of anilines is 1. The maximum absolute atomic E-state index is 12.7. The predicted molar refractivity (Wildman–Crippen MR) is 111 cm³/mol. The molecule has 1 aromatic carbocycles. The third kappa shape index (κ3) is 9.55. The van der Waals surface area contributed by atoms with Gasteiger partial charge in [-0.05, 0) is 30.9 Å². The van der Waals surface area contributed by atoms with E-state index in [1.807, 2.05) is 20.8 Å². The lowest BCUT2D eigenvalue weighted by molar-refractivity contribution is -0.384. The van der Waals surface area contributed by atoms with E-state index in [4.69, 9.17) is 4.52 Å². The number of rotatable bonds is 12. The molecule has 2 amide bonds. The average molecular weight is 446 g/mol. The van der Waals surface area contributed by atoms with Crippen molar-refractivity contribution in [3.05, 3.63) is 34.4 Å². The van der Waals surface area contributed by atoms with Crippen molar-refractivity contribution in [1.82, 2.24) is 5.32 Å². The largest absolute Gasteiger partial charge is 0.568 e. The zero-order valence-corrected chi connectivity index (χ0v) is 18.0. The number of unbranched alkanes of at least 4 members (excludes halogenated alkanes) is 1. The normalized spacial score (nSPS) is 13.6. The highest BCUT2D eigenvalue weighted by molar-refractivity contribution is 7.53. The van der Waals surface area contributed by atoms with Crippen molar-refractivity contribution >= 4 is 31.4 Å². The van der Waals surface area contributed by atoms with Gasteiger partial charge in [-0.15, -0.1) is 4.52 Å². The molecule has 0 heterocycles. The molecular formula is C18H29N3O8P+. The Balaban J connectivity index is 2.90. The van der Waals surface area contributed by atoms with Crippen LogP contribution in [0.2, 0.25) is 0 Å². The van der Waals surface area contributed by atoms with E-state index in [1.54, 1.807) is 0 Å². The highest BCUT2D eigenvalue weighted by Crippen LogP contribution is 2.47. The molecule has 0 spiro atoms. The van der Waals surface area contributed by atoms with Gasteiger partial charge in [-0.25, -0.2) is 0 Å². The molecule has 0 unspecified atom stereocenters. The first-order valence-electron chi connectivity index (χ1n) is 9.54. The van der Waals surface area contributed by atoms with Crippen LogP contribution in [-0.2, 0) is 14.1 Å². The minimum Gasteiger partial charge on any atom is -0.342 e. The molecule has 12 heteroatoms. The molecule has 0 bridgehead atoms. The predicted octanol–water partition coefficient (Wildman–Crippen LogP) is 2.29. The Morgan fingerprint density at radius 2 is 1.77 bits per heavy atom. The van der Waals surface area contributed by atoms with Crippen molar-refractivity contribution < 1.29 is 33.7 Å². The van der Waals surface area contributed by atoms with E-state index >= 15 is 0 Å².